The van der Waals surface area contributed by atoms with Crippen LogP contribution >= 0.6 is 0 Å². The molecule has 0 aliphatic rings. The third-order valence-corrected chi connectivity index (χ3v) is 2.37. The van der Waals surface area contributed by atoms with Gasteiger partial charge in [-0.3, -0.25) is 0 Å². The molecule has 17 heavy (non-hydrogen) atoms. The quantitative estimate of drug-likeness (QED) is 0.622. The Balaban J connectivity index is 2.08. The molecule has 0 aliphatic heterocycles. The first-order valence-corrected chi connectivity index (χ1v) is 6.15. The van der Waals surface area contributed by atoms with Gasteiger partial charge in [0.25, 0.3) is 0 Å². The fraction of sp³-hybridized carbons (Fsp3) is 0.750. The van der Waals surface area contributed by atoms with E-state index in [2.05, 4.69) is 28.0 Å². The molecule has 5 nitrogen and oxygen atoms in total. The van der Waals surface area contributed by atoms with Crippen molar-refractivity contribution in [2.45, 2.75) is 26.4 Å². The second-order valence-electron chi connectivity index (χ2n) is 3.84. The summed E-state index contributed by atoms with van der Waals surface area (Å²) in [4.78, 5) is 4.31. The Bertz CT molecular complexity index is 289. The minimum absolute atomic E-state index is 0.723. The average molecular weight is 241 g/mol. The van der Waals surface area contributed by atoms with E-state index in [9.17, 15) is 0 Å². The summed E-state index contributed by atoms with van der Waals surface area (Å²) in [6.07, 6.45) is 4.86. The maximum atomic E-state index is 5.49. The van der Waals surface area contributed by atoms with Gasteiger partial charge >= 0.3 is 0 Å². The van der Waals surface area contributed by atoms with Gasteiger partial charge in [0.15, 0.2) is 0 Å². The molecule has 0 spiro atoms. The number of imidazole rings is 1. The summed E-state index contributed by atoms with van der Waals surface area (Å²) in [7, 11) is 1.71. The Kier molecular flexibility index (Phi) is 7.62. The van der Waals surface area contributed by atoms with Crippen molar-refractivity contribution >= 4 is 0 Å². The van der Waals surface area contributed by atoms with Crippen LogP contribution < -0.4 is 5.32 Å². The van der Waals surface area contributed by atoms with Gasteiger partial charge < -0.3 is 19.4 Å². The second kappa shape index (κ2) is 9.15. The van der Waals surface area contributed by atoms with Gasteiger partial charge in [0, 0.05) is 39.6 Å². The molecule has 0 fully saturated rings. The summed E-state index contributed by atoms with van der Waals surface area (Å²) in [6, 6.07) is 0. The fourth-order valence-electron chi connectivity index (χ4n) is 1.45. The van der Waals surface area contributed by atoms with E-state index in [1.807, 2.05) is 6.33 Å². The zero-order valence-corrected chi connectivity index (χ0v) is 10.8. The summed E-state index contributed by atoms with van der Waals surface area (Å²) < 4.78 is 12.5. The lowest BCUT2D eigenvalue weighted by Crippen LogP contribution is -2.12. The number of hydrogen-bond acceptors (Lipinski definition) is 4. The maximum absolute atomic E-state index is 5.49. The topological polar surface area (TPSA) is 48.3 Å². The van der Waals surface area contributed by atoms with E-state index in [0.717, 1.165) is 51.6 Å². The third kappa shape index (κ3) is 6.41. The van der Waals surface area contributed by atoms with Crippen LogP contribution in [0, 0.1) is 0 Å². The molecule has 0 unspecified atom stereocenters. The second-order valence-corrected chi connectivity index (χ2v) is 3.84. The van der Waals surface area contributed by atoms with Crippen LogP contribution in [0.2, 0.25) is 0 Å². The van der Waals surface area contributed by atoms with Gasteiger partial charge in [0.2, 0.25) is 0 Å². The molecule has 1 rings (SSSR count). The number of hydrogen-bond donors (Lipinski definition) is 1. The molecule has 0 amide bonds. The third-order valence-electron chi connectivity index (χ3n) is 2.37. The van der Waals surface area contributed by atoms with Gasteiger partial charge in [-0.05, 0) is 13.0 Å². The summed E-state index contributed by atoms with van der Waals surface area (Å²) >= 11 is 0. The van der Waals surface area contributed by atoms with Crippen molar-refractivity contribution < 1.29 is 9.47 Å². The molecule has 0 atom stereocenters. The lowest BCUT2D eigenvalue weighted by atomic mass is 10.4. The number of methoxy groups -OCH3 is 1. The highest BCUT2D eigenvalue weighted by Gasteiger charge is 1.97. The fourth-order valence-corrected chi connectivity index (χ4v) is 1.45. The summed E-state index contributed by atoms with van der Waals surface area (Å²) in [5, 5.41) is 3.25. The smallest absolute Gasteiger partial charge is 0.0950 e. The largest absolute Gasteiger partial charge is 0.385 e. The van der Waals surface area contributed by atoms with Gasteiger partial charge in [-0.2, -0.15) is 0 Å². The van der Waals surface area contributed by atoms with E-state index in [0.29, 0.717) is 0 Å². The van der Waals surface area contributed by atoms with E-state index in [4.69, 9.17) is 9.47 Å². The van der Waals surface area contributed by atoms with Crippen LogP contribution in [-0.2, 0) is 22.6 Å². The molecular weight excluding hydrogens is 218 g/mol. The first kappa shape index (κ1) is 14.2. The Morgan fingerprint density at radius 1 is 1.35 bits per heavy atom. The Hall–Kier alpha value is -0.910. The van der Waals surface area contributed by atoms with Crippen LogP contribution in [0.3, 0.4) is 0 Å². The van der Waals surface area contributed by atoms with Crippen LogP contribution in [0.25, 0.3) is 0 Å². The van der Waals surface area contributed by atoms with E-state index >= 15 is 0 Å². The minimum Gasteiger partial charge on any atom is -0.385 e. The van der Waals surface area contributed by atoms with Gasteiger partial charge in [0.05, 0.1) is 18.6 Å². The van der Waals surface area contributed by atoms with Gasteiger partial charge in [-0.1, -0.05) is 6.92 Å². The number of nitrogens with zero attached hydrogens (tertiary/aromatic N) is 2. The molecule has 0 aromatic carbocycles. The lowest BCUT2D eigenvalue weighted by molar-refractivity contribution is 0.0976. The zero-order valence-electron chi connectivity index (χ0n) is 10.8. The van der Waals surface area contributed by atoms with Crippen molar-refractivity contribution in [2.24, 2.45) is 0 Å². The predicted octanol–water partition coefficient (Wildman–Crippen LogP) is 1.05. The van der Waals surface area contributed by atoms with Crippen molar-refractivity contribution in [1.29, 1.82) is 0 Å². The molecule has 1 aromatic heterocycles. The van der Waals surface area contributed by atoms with Crippen LogP contribution in [0.15, 0.2) is 12.5 Å². The van der Waals surface area contributed by atoms with Crippen molar-refractivity contribution in [2.75, 3.05) is 33.5 Å². The van der Waals surface area contributed by atoms with E-state index in [-0.39, 0.29) is 0 Å². The normalized spacial score (nSPS) is 10.9. The molecular formula is C12H23N3O2. The van der Waals surface area contributed by atoms with Crippen molar-refractivity contribution in [1.82, 2.24) is 14.9 Å². The Morgan fingerprint density at radius 3 is 3.00 bits per heavy atom. The Labute approximate surface area is 103 Å². The number of aromatic nitrogens is 2. The standard InChI is InChI=1S/C12H23N3O2/c1-3-13-9-12-10-15(11-14-12)5-8-17-7-4-6-16-2/h10-11,13H,3-9H2,1-2H3. The first-order chi connectivity index (χ1) is 8.36. The van der Waals surface area contributed by atoms with E-state index < -0.39 is 0 Å². The van der Waals surface area contributed by atoms with E-state index in [1.165, 1.54) is 0 Å². The molecule has 1 heterocycles. The minimum atomic E-state index is 0.723. The highest BCUT2D eigenvalue weighted by Crippen LogP contribution is 1.96. The number of rotatable bonds is 10. The molecule has 0 saturated carbocycles. The average Bonchev–Trinajstić information content (AvgIpc) is 2.79. The van der Waals surface area contributed by atoms with E-state index in [1.54, 1.807) is 7.11 Å². The van der Waals surface area contributed by atoms with Gasteiger partial charge in [0.1, 0.15) is 0 Å². The molecule has 0 bridgehead atoms. The highest BCUT2D eigenvalue weighted by molar-refractivity contribution is 4.95. The zero-order chi connectivity index (χ0) is 12.3. The molecule has 5 heteroatoms. The van der Waals surface area contributed by atoms with Crippen LogP contribution in [0.5, 0.6) is 0 Å². The molecule has 98 valence electrons. The predicted molar refractivity (Wildman–Crippen MR) is 66.9 cm³/mol. The summed E-state index contributed by atoms with van der Waals surface area (Å²) in [5.74, 6) is 0. The Morgan fingerprint density at radius 2 is 2.24 bits per heavy atom. The van der Waals surface area contributed by atoms with Crippen LogP contribution in [-0.4, -0.2) is 43.0 Å². The van der Waals surface area contributed by atoms with Crippen molar-refractivity contribution in [3.63, 3.8) is 0 Å². The van der Waals surface area contributed by atoms with Crippen molar-refractivity contribution in [3.05, 3.63) is 18.2 Å². The van der Waals surface area contributed by atoms with Gasteiger partial charge in [-0.25, -0.2) is 4.98 Å². The summed E-state index contributed by atoms with van der Waals surface area (Å²) in [5.41, 5.74) is 1.08. The molecule has 1 aromatic rings. The molecule has 0 saturated heterocycles. The highest BCUT2D eigenvalue weighted by atomic mass is 16.5. The molecule has 0 aliphatic carbocycles. The molecule has 1 N–H and O–H groups in total. The summed E-state index contributed by atoms with van der Waals surface area (Å²) in [6.45, 7) is 6.98. The van der Waals surface area contributed by atoms with Crippen LogP contribution in [0.4, 0.5) is 0 Å². The maximum Gasteiger partial charge on any atom is 0.0950 e. The molecule has 0 radical (unpaired) electrons. The van der Waals surface area contributed by atoms with Gasteiger partial charge in [-0.15, -0.1) is 0 Å². The van der Waals surface area contributed by atoms with Crippen LogP contribution in [0.1, 0.15) is 19.0 Å². The van der Waals surface area contributed by atoms with Crippen molar-refractivity contribution in [3.8, 4) is 0 Å². The number of ether oxygens (including phenoxy) is 2. The SMILES string of the molecule is CCNCc1cn(CCOCCCOC)cn1. The number of nitrogens with one attached hydrogen (secondary N) is 1. The first-order valence-electron chi connectivity index (χ1n) is 6.15. The monoisotopic (exact) mass is 241 g/mol. The lowest BCUT2D eigenvalue weighted by Gasteiger charge is -2.04.